The van der Waals surface area contributed by atoms with Gasteiger partial charge < -0.3 is 26.8 Å². The molecule has 0 aliphatic rings. The van der Waals surface area contributed by atoms with E-state index in [1.54, 1.807) is 17.0 Å². The zero-order chi connectivity index (χ0) is 21.2. The molecule has 1 N–H and O–H groups in total. The average molecular weight is 478 g/mol. The first-order valence-corrected chi connectivity index (χ1v) is 10.4. The van der Waals surface area contributed by atoms with E-state index in [0.29, 0.717) is 12.1 Å². The van der Waals surface area contributed by atoms with E-state index in [4.69, 9.17) is 0 Å². The van der Waals surface area contributed by atoms with Crippen LogP contribution in [0, 0.1) is 10.1 Å². The van der Waals surface area contributed by atoms with Gasteiger partial charge in [0.15, 0.2) is 0 Å². The molecule has 30 heavy (non-hydrogen) atoms. The van der Waals surface area contributed by atoms with E-state index in [0.717, 1.165) is 38.0 Å². The van der Waals surface area contributed by atoms with Crippen molar-refractivity contribution in [3.8, 4) is 0 Å². The zero-order valence-corrected chi connectivity index (χ0v) is 19.6. The summed E-state index contributed by atoms with van der Waals surface area (Å²) in [6.07, 6.45) is 1.99. The van der Waals surface area contributed by atoms with Crippen LogP contribution in [0.15, 0.2) is 54.6 Å². The molecule has 0 aliphatic carbocycles. The highest BCUT2D eigenvalue weighted by Gasteiger charge is 2.23. The summed E-state index contributed by atoms with van der Waals surface area (Å²) in [4.78, 5) is 27.1. The Morgan fingerprint density at radius 3 is 2.17 bits per heavy atom. The molecule has 7 heteroatoms. The number of rotatable bonds is 11. The second-order valence-corrected chi connectivity index (χ2v) is 7.30. The van der Waals surface area contributed by atoms with Crippen LogP contribution in [0.4, 0.5) is 5.69 Å². The van der Waals surface area contributed by atoms with Gasteiger partial charge in [-0.15, -0.1) is 0 Å². The van der Waals surface area contributed by atoms with E-state index in [1.165, 1.54) is 12.1 Å². The summed E-state index contributed by atoms with van der Waals surface area (Å²) in [7, 11) is 0. The minimum absolute atomic E-state index is 0. The Balaban J connectivity index is 0.00000450. The van der Waals surface area contributed by atoms with Gasteiger partial charge in [0.05, 0.1) is 30.6 Å². The molecule has 164 valence electrons. The fourth-order valence-corrected chi connectivity index (χ4v) is 3.53. The van der Waals surface area contributed by atoms with Crippen molar-refractivity contribution in [2.75, 3.05) is 26.2 Å². The van der Waals surface area contributed by atoms with Crippen molar-refractivity contribution in [1.82, 2.24) is 4.90 Å². The summed E-state index contributed by atoms with van der Waals surface area (Å²) in [5.74, 6) is -0.0913. The minimum atomic E-state index is -0.450. The highest BCUT2D eigenvalue weighted by molar-refractivity contribution is 5.94. The van der Waals surface area contributed by atoms with Gasteiger partial charge in [-0.3, -0.25) is 14.9 Å². The minimum Gasteiger partial charge on any atom is -1.00 e. The Labute approximate surface area is 189 Å². The van der Waals surface area contributed by atoms with Crippen LogP contribution in [0.2, 0.25) is 0 Å². The molecule has 6 nitrogen and oxygen atoms in total. The lowest BCUT2D eigenvalue weighted by atomic mass is 10.0. The van der Waals surface area contributed by atoms with E-state index < -0.39 is 4.92 Å². The molecule has 0 saturated heterocycles. The lowest BCUT2D eigenvalue weighted by molar-refractivity contribution is -0.896. The summed E-state index contributed by atoms with van der Waals surface area (Å²) in [5, 5.41) is 10.9. The number of hydrogen-bond donors (Lipinski definition) is 1. The smallest absolute Gasteiger partial charge is 0.269 e. The Kier molecular flexibility index (Phi) is 11.3. The second kappa shape index (κ2) is 13.1. The molecule has 0 saturated carbocycles. The summed E-state index contributed by atoms with van der Waals surface area (Å²) in [6.45, 7) is 10.4. The van der Waals surface area contributed by atoms with E-state index >= 15 is 0 Å². The summed E-state index contributed by atoms with van der Waals surface area (Å²) in [5.41, 5.74) is 1.55. The lowest BCUT2D eigenvalue weighted by Crippen LogP contribution is -3.11. The third-order valence-corrected chi connectivity index (χ3v) is 5.51. The van der Waals surface area contributed by atoms with Crippen LogP contribution in [-0.2, 0) is 0 Å². The zero-order valence-electron chi connectivity index (χ0n) is 18.0. The van der Waals surface area contributed by atoms with E-state index in [1.807, 2.05) is 42.2 Å². The van der Waals surface area contributed by atoms with Crippen LogP contribution in [0.25, 0.3) is 0 Å². The maximum Gasteiger partial charge on any atom is 0.269 e. The molecule has 0 spiro atoms. The topological polar surface area (TPSA) is 67.9 Å². The van der Waals surface area contributed by atoms with Crippen molar-refractivity contribution in [1.29, 1.82) is 0 Å². The number of quaternary nitrogens is 1. The van der Waals surface area contributed by atoms with Crippen molar-refractivity contribution in [3.63, 3.8) is 0 Å². The standard InChI is InChI=1S/C23H31N3O3.BrH/c1-4-24(5-2)17-9-10-18-25(19(3)20-11-7-6-8-12-20)23(27)21-13-15-22(16-14-21)26(28)29;/h6-8,11-16,19H,4-5,9-10,17-18H2,1-3H3;1H. The first-order valence-electron chi connectivity index (χ1n) is 10.4. The summed E-state index contributed by atoms with van der Waals surface area (Å²) < 4.78 is 0. The molecule has 2 aromatic carbocycles. The number of carbonyl (C=O) groups is 1. The van der Waals surface area contributed by atoms with Crippen LogP contribution < -0.4 is 21.9 Å². The Hall–Kier alpha value is -2.25. The monoisotopic (exact) mass is 477 g/mol. The Morgan fingerprint density at radius 1 is 1.03 bits per heavy atom. The van der Waals surface area contributed by atoms with Crippen molar-refractivity contribution >= 4 is 11.6 Å². The number of amides is 1. The van der Waals surface area contributed by atoms with Gasteiger partial charge in [0.1, 0.15) is 0 Å². The third kappa shape index (κ3) is 7.22. The second-order valence-electron chi connectivity index (χ2n) is 7.30. The van der Waals surface area contributed by atoms with E-state index in [-0.39, 0.29) is 34.6 Å². The van der Waals surface area contributed by atoms with Gasteiger partial charge >= 0.3 is 0 Å². The van der Waals surface area contributed by atoms with Gasteiger partial charge in [0.25, 0.3) is 11.6 Å². The molecular weight excluding hydrogens is 446 g/mol. The van der Waals surface area contributed by atoms with Gasteiger partial charge in [-0.25, -0.2) is 0 Å². The number of unbranched alkanes of at least 4 members (excludes halogenated alkanes) is 1. The van der Waals surface area contributed by atoms with Crippen molar-refractivity contribution in [2.24, 2.45) is 0 Å². The van der Waals surface area contributed by atoms with Crippen molar-refractivity contribution in [3.05, 3.63) is 75.8 Å². The maximum absolute atomic E-state index is 13.2. The number of halogens is 1. The van der Waals surface area contributed by atoms with Gasteiger partial charge in [0.2, 0.25) is 0 Å². The highest BCUT2D eigenvalue weighted by Crippen LogP contribution is 2.23. The fraction of sp³-hybridized carbons (Fsp3) is 0.435. The molecule has 1 atom stereocenters. The molecule has 1 unspecified atom stereocenters. The van der Waals surface area contributed by atoms with Crippen LogP contribution in [0.1, 0.15) is 55.6 Å². The molecule has 0 aromatic heterocycles. The number of non-ortho nitro benzene ring substituents is 1. The predicted octanol–water partition coefficient (Wildman–Crippen LogP) is 0.507. The van der Waals surface area contributed by atoms with Gasteiger partial charge in [-0.2, -0.15) is 0 Å². The van der Waals surface area contributed by atoms with Crippen LogP contribution >= 0.6 is 0 Å². The van der Waals surface area contributed by atoms with Gasteiger partial charge in [-0.1, -0.05) is 30.3 Å². The molecule has 1 amide bonds. The highest BCUT2D eigenvalue weighted by atomic mass is 79.9. The Bertz CT molecular complexity index is 780. The normalized spacial score (nSPS) is 11.6. The van der Waals surface area contributed by atoms with E-state index in [9.17, 15) is 14.9 Å². The first-order chi connectivity index (χ1) is 14.0. The SMILES string of the molecule is CC[NH+](CC)CCCCN(C(=O)c1ccc([N+](=O)[O-])cc1)C(C)c1ccccc1.[Br-]. The number of nitro benzene ring substituents is 1. The first kappa shape index (κ1) is 25.8. The van der Waals surface area contributed by atoms with Gasteiger partial charge in [-0.05, 0) is 51.3 Å². The maximum atomic E-state index is 13.2. The van der Waals surface area contributed by atoms with Crippen molar-refractivity contribution in [2.45, 2.75) is 39.7 Å². The van der Waals surface area contributed by atoms with Gasteiger partial charge in [0, 0.05) is 24.2 Å². The molecular formula is C23H32BrN3O3. The van der Waals surface area contributed by atoms with Crippen LogP contribution in [-0.4, -0.2) is 41.9 Å². The summed E-state index contributed by atoms with van der Waals surface area (Å²) in [6, 6.07) is 15.8. The van der Waals surface area contributed by atoms with E-state index in [2.05, 4.69) is 13.8 Å². The number of nitrogens with zero attached hydrogens (tertiary/aromatic N) is 2. The number of hydrogen-bond acceptors (Lipinski definition) is 3. The Morgan fingerprint density at radius 2 is 1.63 bits per heavy atom. The number of benzene rings is 2. The number of nitrogens with one attached hydrogen (secondary N) is 1. The molecule has 2 rings (SSSR count). The average Bonchev–Trinajstić information content (AvgIpc) is 2.76. The summed E-state index contributed by atoms with van der Waals surface area (Å²) >= 11 is 0. The van der Waals surface area contributed by atoms with Crippen LogP contribution in [0.3, 0.4) is 0 Å². The lowest BCUT2D eigenvalue weighted by Gasteiger charge is -2.30. The molecule has 0 fully saturated rings. The molecule has 0 heterocycles. The van der Waals surface area contributed by atoms with Crippen molar-refractivity contribution < 1.29 is 31.6 Å². The number of carbonyl (C=O) groups excluding carboxylic acids is 1. The third-order valence-electron chi connectivity index (χ3n) is 5.51. The fourth-order valence-electron chi connectivity index (χ4n) is 3.53. The molecule has 2 aromatic rings. The molecule has 0 bridgehead atoms. The largest absolute Gasteiger partial charge is 1.00 e. The number of nitro groups is 1. The van der Waals surface area contributed by atoms with Crippen LogP contribution in [0.5, 0.6) is 0 Å². The molecule has 0 radical (unpaired) electrons. The quantitative estimate of drug-likeness (QED) is 0.291. The predicted molar refractivity (Wildman–Crippen MR) is 115 cm³/mol. The molecule has 0 aliphatic heterocycles.